The Morgan fingerprint density at radius 2 is 2.10 bits per heavy atom. The number of hydrogen-bond donors (Lipinski definition) is 1. The number of halogens is 1. The van der Waals surface area contributed by atoms with Crippen molar-refractivity contribution in [3.8, 4) is 0 Å². The molecule has 0 unspecified atom stereocenters. The lowest BCUT2D eigenvalue weighted by molar-refractivity contribution is 1.35. The Labute approximate surface area is 65.8 Å². The van der Waals surface area contributed by atoms with E-state index in [1.54, 1.807) is 0 Å². The topological polar surface area (TPSA) is 26.0 Å². The molecule has 2 N–H and O–H groups in total. The molecule has 1 nitrogen and oxygen atoms in total. The van der Waals surface area contributed by atoms with Crippen LogP contribution in [-0.4, -0.2) is 0 Å². The molecule has 0 aliphatic carbocycles. The van der Waals surface area contributed by atoms with Gasteiger partial charge in [-0.1, -0.05) is 6.07 Å². The van der Waals surface area contributed by atoms with Crippen LogP contribution in [0, 0.1) is 6.92 Å². The van der Waals surface area contributed by atoms with E-state index < -0.39 is 0 Å². The van der Waals surface area contributed by atoms with Crippen LogP contribution in [0.5, 0.6) is 0 Å². The van der Waals surface area contributed by atoms with E-state index in [-0.39, 0.29) is 0 Å². The van der Waals surface area contributed by atoms with Gasteiger partial charge in [-0.3, -0.25) is 0 Å². The van der Waals surface area contributed by atoms with Crippen molar-refractivity contribution in [3.05, 3.63) is 29.3 Å². The lowest BCUT2D eigenvalue weighted by Gasteiger charge is -1.99. The number of hydrogen-bond acceptors (Lipinski definition) is 1. The summed E-state index contributed by atoms with van der Waals surface area (Å²) >= 11 is 5.62. The number of rotatable bonds is 1. The second kappa shape index (κ2) is 2.93. The average molecular weight is 156 g/mol. The molecule has 0 bridgehead atoms. The Balaban J connectivity index is 3.06. The number of nitrogen functional groups attached to an aromatic ring is 1. The minimum absolute atomic E-state index is 0.534. The molecule has 0 atom stereocenters. The van der Waals surface area contributed by atoms with Gasteiger partial charge in [-0.2, -0.15) is 0 Å². The molecule has 0 amide bonds. The van der Waals surface area contributed by atoms with Crippen LogP contribution in [0.15, 0.2) is 18.2 Å². The van der Waals surface area contributed by atoms with Crippen molar-refractivity contribution in [1.29, 1.82) is 0 Å². The van der Waals surface area contributed by atoms with E-state index in [1.165, 1.54) is 0 Å². The molecule has 0 saturated carbocycles. The number of anilines is 1. The van der Waals surface area contributed by atoms with Crippen molar-refractivity contribution in [2.75, 3.05) is 5.73 Å². The monoisotopic (exact) mass is 155 g/mol. The zero-order valence-electron chi connectivity index (χ0n) is 5.89. The summed E-state index contributed by atoms with van der Waals surface area (Å²) in [4.78, 5) is 0. The Kier molecular flexibility index (Phi) is 2.17. The molecule has 0 heterocycles. The van der Waals surface area contributed by atoms with Gasteiger partial charge in [-0.25, -0.2) is 0 Å². The molecule has 54 valence electrons. The van der Waals surface area contributed by atoms with Gasteiger partial charge in [0.15, 0.2) is 0 Å². The molecule has 1 aromatic rings. The summed E-state index contributed by atoms with van der Waals surface area (Å²) in [6.07, 6.45) is 0. The van der Waals surface area contributed by atoms with Crippen LogP contribution in [0.3, 0.4) is 0 Å². The Morgan fingerprint density at radius 1 is 1.40 bits per heavy atom. The van der Waals surface area contributed by atoms with Crippen LogP contribution < -0.4 is 5.73 Å². The highest BCUT2D eigenvalue weighted by Crippen LogP contribution is 2.12. The van der Waals surface area contributed by atoms with Crippen molar-refractivity contribution in [3.63, 3.8) is 0 Å². The van der Waals surface area contributed by atoms with Gasteiger partial charge in [0, 0.05) is 11.6 Å². The van der Waals surface area contributed by atoms with Crippen LogP contribution in [0.25, 0.3) is 0 Å². The van der Waals surface area contributed by atoms with E-state index in [2.05, 4.69) is 0 Å². The normalized spacial score (nSPS) is 9.80. The maximum atomic E-state index is 5.62. The maximum Gasteiger partial charge on any atom is 0.0474 e. The van der Waals surface area contributed by atoms with Crippen LogP contribution in [0.4, 0.5) is 5.69 Å². The lowest BCUT2D eigenvalue weighted by Crippen LogP contribution is -1.88. The number of nitrogens with two attached hydrogens (primary N) is 1. The predicted molar refractivity (Wildman–Crippen MR) is 45.1 cm³/mol. The number of alkyl halides is 1. The van der Waals surface area contributed by atoms with E-state index in [1.807, 2.05) is 25.1 Å². The third-order valence-electron chi connectivity index (χ3n) is 1.31. The number of aryl methyl sites for hydroxylation is 1. The summed E-state index contributed by atoms with van der Waals surface area (Å²) in [5.74, 6) is 0.534. The standard InChI is InChI=1S/C8H10ClN/c1-6-2-7(5-9)4-8(10)3-6/h2-4H,5,10H2,1H3. The highest BCUT2D eigenvalue weighted by Gasteiger charge is 1.92. The van der Waals surface area contributed by atoms with E-state index >= 15 is 0 Å². The minimum Gasteiger partial charge on any atom is -0.399 e. The van der Waals surface area contributed by atoms with E-state index in [0.29, 0.717) is 5.88 Å². The van der Waals surface area contributed by atoms with Crippen molar-refractivity contribution in [2.24, 2.45) is 0 Å². The van der Waals surface area contributed by atoms with Gasteiger partial charge >= 0.3 is 0 Å². The molecule has 0 fully saturated rings. The Bertz CT molecular complexity index is 212. The van der Waals surface area contributed by atoms with Crippen molar-refractivity contribution < 1.29 is 0 Å². The summed E-state index contributed by atoms with van der Waals surface area (Å²) in [5, 5.41) is 0. The molecule has 0 spiro atoms. The smallest absolute Gasteiger partial charge is 0.0474 e. The average Bonchev–Trinajstić information content (AvgIpc) is 1.85. The van der Waals surface area contributed by atoms with Gasteiger partial charge < -0.3 is 5.73 Å². The molecule has 0 saturated heterocycles. The largest absolute Gasteiger partial charge is 0.399 e. The quantitative estimate of drug-likeness (QED) is 0.489. The second-order valence-electron chi connectivity index (χ2n) is 2.39. The molecular weight excluding hydrogens is 146 g/mol. The molecular formula is C8H10ClN. The van der Waals surface area contributed by atoms with Gasteiger partial charge in [0.05, 0.1) is 0 Å². The molecule has 0 aromatic heterocycles. The Hall–Kier alpha value is -0.690. The molecule has 2 heteroatoms. The van der Waals surface area contributed by atoms with Crippen molar-refractivity contribution in [1.82, 2.24) is 0 Å². The maximum absolute atomic E-state index is 5.62. The molecule has 10 heavy (non-hydrogen) atoms. The first kappa shape index (κ1) is 7.42. The van der Waals surface area contributed by atoms with Crippen LogP contribution in [0.2, 0.25) is 0 Å². The lowest BCUT2D eigenvalue weighted by atomic mass is 10.1. The number of benzene rings is 1. The fourth-order valence-corrected chi connectivity index (χ4v) is 1.13. The molecule has 0 aliphatic rings. The van der Waals surface area contributed by atoms with Gasteiger partial charge in [-0.15, -0.1) is 11.6 Å². The molecule has 1 rings (SSSR count). The summed E-state index contributed by atoms with van der Waals surface area (Å²) in [6.45, 7) is 2.01. The van der Waals surface area contributed by atoms with E-state index in [9.17, 15) is 0 Å². The summed E-state index contributed by atoms with van der Waals surface area (Å²) < 4.78 is 0. The first-order valence-corrected chi connectivity index (χ1v) is 3.68. The minimum atomic E-state index is 0.534. The molecule has 0 radical (unpaired) electrons. The fraction of sp³-hybridized carbons (Fsp3) is 0.250. The first-order chi connectivity index (χ1) is 4.72. The molecule has 1 aromatic carbocycles. The Morgan fingerprint density at radius 3 is 2.60 bits per heavy atom. The summed E-state index contributed by atoms with van der Waals surface area (Å²) in [7, 11) is 0. The van der Waals surface area contributed by atoms with Gasteiger partial charge in [-0.05, 0) is 30.2 Å². The second-order valence-corrected chi connectivity index (χ2v) is 2.65. The van der Waals surface area contributed by atoms with Gasteiger partial charge in [0.2, 0.25) is 0 Å². The fourth-order valence-electron chi connectivity index (χ4n) is 0.972. The van der Waals surface area contributed by atoms with Crippen molar-refractivity contribution >= 4 is 17.3 Å². The van der Waals surface area contributed by atoms with Crippen molar-refractivity contribution in [2.45, 2.75) is 12.8 Å². The zero-order valence-corrected chi connectivity index (χ0v) is 6.65. The summed E-state index contributed by atoms with van der Waals surface area (Å²) in [5.41, 5.74) is 8.61. The summed E-state index contributed by atoms with van der Waals surface area (Å²) in [6, 6.07) is 5.85. The van der Waals surface area contributed by atoms with Crippen LogP contribution >= 0.6 is 11.6 Å². The van der Waals surface area contributed by atoms with Crippen LogP contribution in [-0.2, 0) is 5.88 Å². The van der Waals surface area contributed by atoms with E-state index in [4.69, 9.17) is 17.3 Å². The van der Waals surface area contributed by atoms with Crippen LogP contribution in [0.1, 0.15) is 11.1 Å². The highest BCUT2D eigenvalue weighted by molar-refractivity contribution is 6.17. The molecule has 0 aliphatic heterocycles. The predicted octanol–water partition coefficient (Wildman–Crippen LogP) is 2.32. The van der Waals surface area contributed by atoms with E-state index in [0.717, 1.165) is 16.8 Å². The third-order valence-corrected chi connectivity index (χ3v) is 1.62. The SMILES string of the molecule is Cc1cc(N)cc(CCl)c1. The third kappa shape index (κ3) is 1.64. The van der Waals surface area contributed by atoms with Gasteiger partial charge in [0.25, 0.3) is 0 Å². The zero-order chi connectivity index (χ0) is 7.56. The first-order valence-electron chi connectivity index (χ1n) is 3.14. The van der Waals surface area contributed by atoms with Gasteiger partial charge in [0.1, 0.15) is 0 Å². The highest BCUT2D eigenvalue weighted by atomic mass is 35.5.